The Balaban J connectivity index is 2.26. The molecule has 0 spiro atoms. The second-order valence-corrected chi connectivity index (χ2v) is 8.28. The number of hydrogen-bond acceptors (Lipinski definition) is 6. The van der Waals surface area contributed by atoms with E-state index in [9.17, 15) is 8.42 Å². The highest BCUT2D eigenvalue weighted by Gasteiger charge is 2.27. The normalized spacial score (nSPS) is 13.5. The summed E-state index contributed by atoms with van der Waals surface area (Å²) >= 11 is 12.0. The zero-order valence-corrected chi connectivity index (χ0v) is 15.0. The zero-order chi connectivity index (χ0) is 17.2. The molecule has 0 amide bonds. The summed E-state index contributed by atoms with van der Waals surface area (Å²) in [7, 11) is -3.86. The Morgan fingerprint density at radius 1 is 1.22 bits per heavy atom. The fourth-order valence-electron chi connectivity index (χ4n) is 2.03. The van der Waals surface area contributed by atoms with Crippen LogP contribution in [-0.4, -0.2) is 18.6 Å². The first-order chi connectivity index (χ1) is 10.7. The van der Waals surface area contributed by atoms with Gasteiger partial charge in [-0.1, -0.05) is 48.2 Å². The number of halogens is 2. The lowest BCUT2D eigenvalue weighted by atomic mass is 10.1. The summed E-state index contributed by atoms with van der Waals surface area (Å²) in [6.07, 6.45) is 0.609. The van der Waals surface area contributed by atoms with Gasteiger partial charge in [0.25, 0.3) is 0 Å². The van der Waals surface area contributed by atoms with Gasteiger partial charge in [0.1, 0.15) is 0 Å². The SMILES string of the molecule is CC(C)CC(N)c1nnc(S(=O)(=O)Cc2c(Cl)cccc2Cl)o1. The lowest BCUT2D eigenvalue weighted by Gasteiger charge is -2.09. The predicted octanol–water partition coefficient (Wildman–Crippen LogP) is 3.40. The van der Waals surface area contributed by atoms with Gasteiger partial charge in [0.05, 0.1) is 11.8 Å². The molecule has 126 valence electrons. The molecule has 1 aromatic heterocycles. The van der Waals surface area contributed by atoms with Crippen LogP contribution in [0.25, 0.3) is 0 Å². The minimum atomic E-state index is -3.86. The van der Waals surface area contributed by atoms with E-state index in [2.05, 4.69) is 10.2 Å². The van der Waals surface area contributed by atoms with Crippen LogP contribution in [0.15, 0.2) is 27.8 Å². The molecule has 23 heavy (non-hydrogen) atoms. The van der Waals surface area contributed by atoms with Crippen LogP contribution in [0.4, 0.5) is 0 Å². The molecule has 0 radical (unpaired) electrons. The topological polar surface area (TPSA) is 99.1 Å². The van der Waals surface area contributed by atoms with Crippen molar-refractivity contribution in [3.05, 3.63) is 39.7 Å². The molecular weight excluding hydrogens is 361 g/mol. The third-order valence-corrected chi connectivity index (χ3v) is 5.20. The second-order valence-electron chi connectivity index (χ2n) is 5.60. The van der Waals surface area contributed by atoms with Crippen molar-refractivity contribution in [2.75, 3.05) is 0 Å². The average molecular weight is 378 g/mol. The number of nitrogens with two attached hydrogens (primary N) is 1. The van der Waals surface area contributed by atoms with Crippen molar-refractivity contribution in [1.82, 2.24) is 10.2 Å². The van der Waals surface area contributed by atoms with Crippen molar-refractivity contribution in [1.29, 1.82) is 0 Å². The van der Waals surface area contributed by atoms with Crippen molar-refractivity contribution in [3.63, 3.8) is 0 Å². The van der Waals surface area contributed by atoms with Crippen LogP contribution in [0.3, 0.4) is 0 Å². The van der Waals surface area contributed by atoms with Crippen molar-refractivity contribution < 1.29 is 12.8 Å². The third-order valence-electron chi connectivity index (χ3n) is 3.13. The van der Waals surface area contributed by atoms with Crippen LogP contribution in [0.5, 0.6) is 0 Å². The molecule has 6 nitrogen and oxygen atoms in total. The molecule has 0 aliphatic carbocycles. The van der Waals surface area contributed by atoms with Crippen LogP contribution in [0.2, 0.25) is 10.0 Å². The van der Waals surface area contributed by atoms with Gasteiger partial charge in [-0.05, 0) is 24.5 Å². The van der Waals surface area contributed by atoms with Crippen molar-refractivity contribution in [2.24, 2.45) is 11.7 Å². The fraction of sp³-hybridized carbons (Fsp3) is 0.429. The van der Waals surface area contributed by atoms with E-state index >= 15 is 0 Å². The van der Waals surface area contributed by atoms with E-state index in [4.69, 9.17) is 33.4 Å². The summed E-state index contributed by atoms with van der Waals surface area (Å²) in [5.74, 6) is -0.00607. The molecule has 0 fully saturated rings. The Hall–Kier alpha value is -1.15. The molecular formula is C14H17Cl2N3O3S. The first kappa shape index (κ1) is 18.2. The second kappa shape index (κ2) is 7.17. The van der Waals surface area contributed by atoms with Gasteiger partial charge >= 0.3 is 5.22 Å². The van der Waals surface area contributed by atoms with E-state index in [1.54, 1.807) is 18.2 Å². The summed E-state index contributed by atoms with van der Waals surface area (Å²) in [6.45, 7) is 3.99. The van der Waals surface area contributed by atoms with Crippen molar-refractivity contribution in [3.8, 4) is 0 Å². The number of hydrogen-bond donors (Lipinski definition) is 1. The van der Waals surface area contributed by atoms with Crippen LogP contribution in [0.1, 0.15) is 37.8 Å². The number of rotatable bonds is 6. The van der Waals surface area contributed by atoms with Crippen LogP contribution in [0, 0.1) is 5.92 Å². The third kappa shape index (κ3) is 4.44. The molecule has 9 heteroatoms. The molecule has 1 heterocycles. The lowest BCUT2D eigenvalue weighted by molar-refractivity contribution is 0.352. The summed E-state index contributed by atoms with van der Waals surface area (Å²) in [5.41, 5.74) is 6.21. The number of aromatic nitrogens is 2. The summed E-state index contributed by atoms with van der Waals surface area (Å²) in [6, 6.07) is 4.26. The highest BCUT2D eigenvalue weighted by Crippen LogP contribution is 2.28. The molecule has 2 rings (SSSR count). The van der Waals surface area contributed by atoms with E-state index in [1.165, 1.54) is 0 Å². The number of sulfone groups is 1. The molecule has 2 aromatic rings. The minimum absolute atomic E-state index is 0.0996. The van der Waals surface area contributed by atoms with Crippen LogP contribution >= 0.6 is 23.2 Å². The highest BCUT2D eigenvalue weighted by atomic mass is 35.5. The maximum absolute atomic E-state index is 12.4. The Morgan fingerprint density at radius 3 is 2.39 bits per heavy atom. The summed E-state index contributed by atoms with van der Waals surface area (Å²) in [4.78, 5) is 0. The van der Waals surface area contributed by atoms with Gasteiger partial charge in [-0.2, -0.15) is 0 Å². The smallest absolute Gasteiger partial charge is 0.335 e. The maximum Gasteiger partial charge on any atom is 0.335 e. The first-order valence-electron chi connectivity index (χ1n) is 6.95. The van der Waals surface area contributed by atoms with Gasteiger partial charge in [-0.25, -0.2) is 8.42 Å². The van der Waals surface area contributed by atoms with E-state index in [0.717, 1.165) is 0 Å². The highest BCUT2D eigenvalue weighted by molar-refractivity contribution is 7.90. The van der Waals surface area contributed by atoms with E-state index in [1.807, 2.05) is 13.8 Å². The Labute approximate surface area is 144 Å². The van der Waals surface area contributed by atoms with Gasteiger partial charge in [0.2, 0.25) is 15.7 Å². The van der Waals surface area contributed by atoms with E-state index in [0.29, 0.717) is 17.9 Å². The van der Waals surface area contributed by atoms with Crippen LogP contribution in [-0.2, 0) is 15.6 Å². The van der Waals surface area contributed by atoms with Crippen molar-refractivity contribution in [2.45, 2.75) is 37.3 Å². The zero-order valence-electron chi connectivity index (χ0n) is 12.7. The fourth-order valence-corrected chi connectivity index (χ4v) is 3.91. The molecule has 0 saturated carbocycles. The van der Waals surface area contributed by atoms with Crippen LogP contribution < -0.4 is 5.73 Å². The van der Waals surface area contributed by atoms with E-state index < -0.39 is 26.9 Å². The molecule has 0 aliphatic rings. The Kier molecular flexibility index (Phi) is 5.67. The Bertz CT molecular complexity index is 770. The summed E-state index contributed by atoms with van der Waals surface area (Å²) < 4.78 is 30.1. The standard InChI is InChI=1S/C14H17Cl2N3O3S/c1-8(2)6-12(17)13-18-19-14(22-13)23(20,21)7-9-10(15)4-3-5-11(9)16/h3-5,8,12H,6-7,17H2,1-2H3. The molecule has 0 saturated heterocycles. The molecule has 0 aliphatic heterocycles. The first-order valence-corrected chi connectivity index (χ1v) is 9.36. The predicted molar refractivity (Wildman–Crippen MR) is 88.0 cm³/mol. The average Bonchev–Trinajstić information content (AvgIpc) is 2.93. The molecule has 0 bridgehead atoms. The minimum Gasteiger partial charge on any atom is -0.411 e. The number of benzene rings is 1. The quantitative estimate of drug-likeness (QED) is 0.827. The lowest BCUT2D eigenvalue weighted by Crippen LogP contribution is -2.13. The van der Waals surface area contributed by atoms with Crippen molar-refractivity contribution >= 4 is 33.0 Å². The van der Waals surface area contributed by atoms with Gasteiger partial charge in [0.15, 0.2) is 0 Å². The summed E-state index contributed by atoms with van der Waals surface area (Å²) in [5, 5.41) is 7.38. The van der Waals surface area contributed by atoms with Gasteiger partial charge in [0, 0.05) is 15.6 Å². The van der Waals surface area contributed by atoms with Gasteiger partial charge < -0.3 is 10.2 Å². The van der Waals surface area contributed by atoms with E-state index in [-0.39, 0.29) is 15.9 Å². The molecule has 1 atom stereocenters. The molecule has 1 unspecified atom stereocenters. The number of nitrogens with zero attached hydrogens (tertiary/aromatic N) is 2. The maximum atomic E-state index is 12.4. The molecule has 1 aromatic carbocycles. The Morgan fingerprint density at radius 2 is 1.83 bits per heavy atom. The van der Waals surface area contributed by atoms with Gasteiger partial charge in [-0.3, -0.25) is 0 Å². The van der Waals surface area contributed by atoms with Gasteiger partial charge in [-0.15, -0.1) is 5.10 Å². The largest absolute Gasteiger partial charge is 0.411 e. The monoisotopic (exact) mass is 377 g/mol. The molecule has 2 N–H and O–H groups in total.